The van der Waals surface area contributed by atoms with Gasteiger partial charge < -0.3 is 15.0 Å². The molecule has 2 unspecified atom stereocenters. The van der Waals surface area contributed by atoms with Gasteiger partial charge in [0, 0.05) is 43.0 Å². The molecule has 0 aliphatic carbocycles. The molecule has 2 saturated heterocycles. The van der Waals surface area contributed by atoms with E-state index < -0.39 is 0 Å². The minimum absolute atomic E-state index is 0.255. The smallest absolute Gasteiger partial charge is 0.194 e. The van der Waals surface area contributed by atoms with E-state index in [1.165, 1.54) is 15.3 Å². The number of fused-ring (bicyclic) bond motifs is 1. The number of hydrogen-bond acceptors (Lipinski definition) is 4. The summed E-state index contributed by atoms with van der Waals surface area (Å²) in [5, 5.41) is 3.53. The summed E-state index contributed by atoms with van der Waals surface area (Å²) in [4.78, 5) is 12.1. The Hall–Kier alpha value is -1.89. The second-order valence-corrected chi connectivity index (χ2v) is 8.62. The molecule has 2 aromatic rings. The minimum Gasteiger partial charge on any atom is -0.373 e. The molecular formula is C21H28N4OS. The standard InChI is InChI=1S/C21H28N4OS/c1-16-8-9-18(27-16)12-23-21(22-2)25-14-19-20(15-25)26-11-10-24(19)13-17-6-4-3-5-7-17/h3-9,19-20H,10-15H2,1-2H3,(H,22,23). The van der Waals surface area contributed by atoms with E-state index in [0.29, 0.717) is 6.04 Å². The highest BCUT2D eigenvalue weighted by Crippen LogP contribution is 2.25. The van der Waals surface area contributed by atoms with Crippen LogP contribution in [0.1, 0.15) is 15.3 Å². The zero-order chi connectivity index (χ0) is 18.6. The van der Waals surface area contributed by atoms with Gasteiger partial charge >= 0.3 is 0 Å². The van der Waals surface area contributed by atoms with Crippen molar-refractivity contribution in [2.24, 2.45) is 4.99 Å². The summed E-state index contributed by atoms with van der Waals surface area (Å²) in [6.45, 7) is 7.62. The van der Waals surface area contributed by atoms with Crippen LogP contribution >= 0.6 is 11.3 Å². The van der Waals surface area contributed by atoms with Crippen molar-refractivity contribution in [1.29, 1.82) is 0 Å². The molecule has 2 aliphatic heterocycles. The fraction of sp³-hybridized carbons (Fsp3) is 0.476. The lowest BCUT2D eigenvalue weighted by molar-refractivity contribution is -0.0502. The molecule has 2 fully saturated rings. The van der Waals surface area contributed by atoms with E-state index in [4.69, 9.17) is 4.74 Å². The average molecular weight is 385 g/mol. The Kier molecular flexibility index (Phi) is 5.76. The summed E-state index contributed by atoms with van der Waals surface area (Å²) >= 11 is 1.84. The second kappa shape index (κ2) is 8.42. The Morgan fingerprint density at radius 3 is 2.81 bits per heavy atom. The number of morpholine rings is 1. The van der Waals surface area contributed by atoms with Crippen molar-refractivity contribution in [3.8, 4) is 0 Å². The molecule has 1 aromatic heterocycles. The van der Waals surface area contributed by atoms with Gasteiger partial charge in [-0.2, -0.15) is 0 Å². The van der Waals surface area contributed by atoms with Crippen molar-refractivity contribution >= 4 is 17.3 Å². The van der Waals surface area contributed by atoms with E-state index in [1.807, 2.05) is 18.4 Å². The third kappa shape index (κ3) is 4.34. The van der Waals surface area contributed by atoms with E-state index >= 15 is 0 Å². The lowest BCUT2D eigenvalue weighted by atomic mass is 10.1. The molecule has 0 spiro atoms. The molecule has 6 heteroatoms. The maximum Gasteiger partial charge on any atom is 0.194 e. The van der Waals surface area contributed by atoms with Gasteiger partial charge in [-0.1, -0.05) is 30.3 Å². The average Bonchev–Trinajstić information content (AvgIpc) is 3.30. The fourth-order valence-electron chi connectivity index (χ4n) is 4.02. The number of nitrogens with zero attached hydrogens (tertiary/aromatic N) is 3. The number of aliphatic imine (C=N–C) groups is 1. The minimum atomic E-state index is 0.255. The molecule has 0 saturated carbocycles. The number of benzene rings is 1. The lowest BCUT2D eigenvalue weighted by Gasteiger charge is -2.36. The van der Waals surface area contributed by atoms with Crippen LogP contribution in [0.25, 0.3) is 0 Å². The summed E-state index contributed by atoms with van der Waals surface area (Å²) < 4.78 is 6.10. The van der Waals surface area contributed by atoms with Crippen LogP contribution in [-0.2, 0) is 17.8 Å². The first-order valence-corrected chi connectivity index (χ1v) is 10.4. The first-order chi connectivity index (χ1) is 13.2. The lowest BCUT2D eigenvalue weighted by Crippen LogP contribution is -2.50. The summed E-state index contributed by atoms with van der Waals surface area (Å²) in [5.41, 5.74) is 1.37. The molecule has 1 aromatic carbocycles. The van der Waals surface area contributed by atoms with Crippen LogP contribution in [0.5, 0.6) is 0 Å². The van der Waals surface area contributed by atoms with Crippen LogP contribution in [0.3, 0.4) is 0 Å². The Balaban J connectivity index is 1.39. The van der Waals surface area contributed by atoms with Gasteiger partial charge in [0.1, 0.15) is 0 Å². The highest BCUT2D eigenvalue weighted by molar-refractivity contribution is 7.11. The van der Waals surface area contributed by atoms with Crippen LogP contribution in [0.15, 0.2) is 47.5 Å². The SMILES string of the molecule is CN=C(NCc1ccc(C)s1)N1CC2OCCN(Cc3ccccc3)C2C1. The van der Waals surface area contributed by atoms with Gasteiger partial charge in [0.25, 0.3) is 0 Å². The number of hydrogen-bond donors (Lipinski definition) is 1. The molecule has 4 rings (SSSR count). The Morgan fingerprint density at radius 1 is 1.22 bits per heavy atom. The highest BCUT2D eigenvalue weighted by Gasteiger charge is 2.41. The van der Waals surface area contributed by atoms with E-state index in [-0.39, 0.29) is 6.10 Å². The van der Waals surface area contributed by atoms with E-state index in [2.05, 4.69) is 69.5 Å². The topological polar surface area (TPSA) is 40.1 Å². The van der Waals surface area contributed by atoms with Crippen molar-refractivity contribution in [3.63, 3.8) is 0 Å². The van der Waals surface area contributed by atoms with Crippen molar-refractivity contribution < 1.29 is 4.74 Å². The molecule has 0 bridgehead atoms. The van der Waals surface area contributed by atoms with E-state index in [9.17, 15) is 0 Å². The third-order valence-electron chi connectivity index (χ3n) is 5.37. The van der Waals surface area contributed by atoms with Gasteiger partial charge in [-0.3, -0.25) is 9.89 Å². The fourth-order valence-corrected chi connectivity index (χ4v) is 4.85. The zero-order valence-electron chi connectivity index (χ0n) is 16.1. The first kappa shape index (κ1) is 18.5. The summed E-state index contributed by atoms with van der Waals surface area (Å²) in [5.74, 6) is 0.971. The number of guanidine groups is 1. The quantitative estimate of drug-likeness (QED) is 0.650. The molecule has 5 nitrogen and oxygen atoms in total. The van der Waals surface area contributed by atoms with Crippen molar-refractivity contribution in [1.82, 2.24) is 15.1 Å². The Bertz CT molecular complexity index is 775. The predicted octanol–water partition coefficient (Wildman–Crippen LogP) is 2.72. The molecule has 144 valence electrons. The molecule has 3 heterocycles. The number of rotatable bonds is 4. The van der Waals surface area contributed by atoms with Gasteiger partial charge in [-0.05, 0) is 24.6 Å². The maximum atomic E-state index is 6.10. The van der Waals surface area contributed by atoms with Gasteiger partial charge in [-0.25, -0.2) is 0 Å². The largest absolute Gasteiger partial charge is 0.373 e. The van der Waals surface area contributed by atoms with Gasteiger partial charge in [0.2, 0.25) is 0 Å². The molecule has 2 aliphatic rings. The normalized spacial score (nSPS) is 23.5. The molecular weight excluding hydrogens is 356 g/mol. The Morgan fingerprint density at radius 2 is 2.07 bits per heavy atom. The highest BCUT2D eigenvalue weighted by atomic mass is 32.1. The third-order valence-corrected chi connectivity index (χ3v) is 6.37. The molecule has 2 atom stereocenters. The van der Waals surface area contributed by atoms with Crippen LogP contribution in [0.2, 0.25) is 0 Å². The van der Waals surface area contributed by atoms with E-state index in [1.54, 1.807) is 0 Å². The number of ether oxygens (including phenoxy) is 1. The molecule has 27 heavy (non-hydrogen) atoms. The summed E-state index contributed by atoms with van der Waals surface area (Å²) in [7, 11) is 1.87. The molecule has 0 radical (unpaired) electrons. The van der Waals surface area contributed by atoms with Gasteiger partial charge in [-0.15, -0.1) is 11.3 Å². The number of aryl methyl sites for hydroxylation is 1. The molecule has 1 N–H and O–H groups in total. The Labute approximate surface area is 165 Å². The van der Waals surface area contributed by atoms with Crippen LogP contribution < -0.4 is 5.32 Å². The number of likely N-dealkylation sites (tertiary alicyclic amines) is 1. The van der Waals surface area contributed by atoms with Crippen molar-refractivity contribution in [2.75, 3.05) is 33.3 Å². The molecule has 0 amide bonds. The monoisotopic (exact) mass is 384 g/mol. The second-order valence-electron chi connectivity index (χ2n) is 7.25. The van der Waals surface area contributed by atoms with Crippen LogP contribution in [0.4, 0.5) is 0 Å². The van der Waals surface area contributed by atoms with E-state index in [0.717, 1.165) is 45.3 Å². The predicted molar refractivity (Wildman–Crippen MR) is 111 cm³/mol. The van der Waals surface area contributed by atoms with Crippen LogP contribution in [-0.4, -0.2) is 61.2 Å². The van der Waals surface area contributed by atoms with Crippen molar-refractivity contribution in [2.45, 2.75) is 32.2 Å². The summed E-state index contributed by atoms with van der Waals surface area (Å²) in [6.07, 6.45) is 0.255. The maximum absolute atomic E-state index is 6.10. The van der Waals surface area contributed by atoms with Gasteiger partial charge in [0.15, 0.2) is 5.96 Å². The first-order valence-electron chi connectivity index (χ1n) is 9.63. The van der Waals surface area contributed by atoms with Gasteiger partial charge in [0.05, 0.1) is 25.3 Å². The number of thiophene rings is 1. The van der Waals surface area contributed by atoms with Crippen molar-refractivity contribution in [3.05, 3.63) is 57.8 Å². The van der Waals surface area contributed by atoms with Crippen LogP contribution in [0, 0.1) is 6.92 Å². The zero-order valence-corrected chi connectivity index (χ0v) is 16.9. The summed E-state index contributed by atoms with van der Waals surface area (Å²) in [6, 6.07) is 15.5. The number of nitrogens with one attached hydrogen (secondary N) is 1.